The maximum Gasteiger partial charge on any atom is 0.124 e. The zero-order valence-electron chi connectivity index (χ0n) is 11.6. The Morgan fingerprint density at radius 2 is 1.95 bits per heavy atom. The van der Waals surface area contributed by atoms with Gasteiger partial charge in [-0.1, -0.05) is 24.3 Å². The van der Waals surface area contributed by atoms with Crippen LogP contribution in [-0.2, 0) is 5.60 Å². The van der Waals surface area contributed by atoms with Crippen LogP contribution in [0.2, 0.25) is 0 Å². The van der Waals surface area contributed by atoms with Gasteiger partial charge in [-0.25, -0.2) is 4.98 Å². The lowest BCUT2D eigenvalue weighted by atomic mass is 10.0. The third-order valence-electron chi connectivity index (χ3n) is 3.55. The molecule has 1 aromatic heterocycles. The summed E-state index contributed by atoms with van der Waals surface area (Å²) in [5.74, 6) is 0.565. The number of rotatable bonds is 3. The van der Waals surface area contributed by atoms with E-state index < -0.39 is 5.60 Å². The molecule has 1 aromatic carbocycles. The van der Waals surface area contributed by atoms with Crippen LogP contribution in [0.15, 0.2) is 24.3 Å². The Morgan fingerprint density at radius 1 is 1.26 bits per heavy atom. The maximum absolute atomic E-state index is 10.3. The first-order valence-electron chi connectivity index (χ1n) is 6.76. The molecule has 0 radical (unpaired) electrons. The predicted octanol–water partition coefficient (Wildman–Crippen LogP) is 4.22. The van der Waals surface area contributed by atoms with Gasteiger partial charge in [0.25, 0.3) is 0 Å². The zero-order chi connectivity index (χ0) is 13.6. The van der Waals surface area contributed by atoms with Crippen LogP contribution in [-0.4, -0.2) is 10.1 Å². The molecule has 0 amide bonds. The van der Waals surface area contributed by atoms with Crippen molar-refractivity contribution in [2.75, 3.05) is 0 Å². The van der Waals surface area contributed by atoms with Gasteiger partial charge in [0.2, 0.25) is 0 Å². The van der Waals surface area contributed by atoms with Gasteiger partial charge in [0, 0.05) is 11.5 Å². The van der Waals surface area contributed by atoms with E-state index in [1.165, 1.54) is 24.0 Å². The molecule has 3 heteroatoms. The molecule has 0 aliphatic heterocycles. The molecule has 1 N–H and O–H groups in total. The standard InChI is InChI=1S/C16H19NOS/c1-10-6-4-5-7-12(10)15-17-13(11-8-9-11)14(19-15)16(2,3)18/h4-7,11,18H,8-9H2,1-3H3. The number of aromatic nitrogens is 1. The SMILES string of the molecule is Cc1ccccc1-c1nc(C2CC2)c(C(C)(C)O)s1. The van der Waals surface area contributed by atoms with Gasteiger partial charge in [-0.05, 0) is 39.2 Å². The molecule has 100 valence electrons. The highest BCUT2D eigenvalue weighted by Crippen LogP contribution is 2.47. The highest BCUT2D eigenvalue weighted by Gasteiger charge is 2.34. The van der Waals surface area contributed by atoms with E-state index in [1.807, 2.05) is 26.0 Å². The Bertz CT molecular complexity index is 605. The highest BCUT2D eigenvalue weighted by atomic mass is 32.1. The van der Waals surface area contributed by atoms with Crippen LogP contribution in [0, 0.1) is 6.92 Å². The molecule has 1 saturated carbocycles. The van der Waals surface area contributed by atoms with Crippen molar-refractivity contribution >= 4 is 11.3 Å². The number of aliphatic hydroxyl groups is 1. The van der Waals surface area contributed by atoms with Gasteiger partial charge in [0.15, 0.2) is 0 Å². The summed E-state index contributed by atoms with van der Waals surface area (Å²) < 4.78 is 0. The zero-order valence-corrected chi connectivity index (χ0v) is 12.4. The summed E-state index contributed by atoms with van der Waals surface area (Å²) >= 11 is 1.64. The van der Waals surface area contributed by atoms with Gasteiger partial charge in [-0.15, -0.1) is 11.3 Å². The number of nitrogens with zero attached hydrogens (tertiary/aromatic N) is 1. The summed E-state index contributed by atoms with van der Waals surface area (Å²) in [6.45, 7) is 5.82. The molecule has 0 saturated heterocycles. The first-order valence-corrected chi connectivity index (χ1v) is 7.58. The second-order valence-electron chi connectivity index (χ2n) is 5.88. The first-order chi connectivity index (χ1) is 8.97. The van der Waals surface area contributed by atoms with Gasteiger partial charge in [-0.2, -0.15) is 0 Å². The van der Waals surface area contributed by atoms with Crippen LogP contribution in [0.1, 0.15) is 48.7 Å². The normalized spacial score (nSPS) is 15.8. The highest BCUT2D eigenvalue weighted by molar-refractivity contribution is 7.15. The van der Waals surface area contributed by atoms with E-state index in [-0.39, 0.29) is 0 Å². The summed E-state index contributed by atoms with van der Waals surface area (Å²) in [5, 5.41) is 11.4. The van der Waals surface area contributed by atoms with Crippen molar-refractivity contribution in [1.29, 1.82) is 0 Å². The van der Waals surface area contributed by atoms with Crippen LogP contribution in [0.4, 0.5) is 0 Å². The minimum atomic E-state index is -0.795. The minimum absolute atomic E-state index is 0.565. The predicted molar refractivity (Wildman–Crippen MR) is 79.5 cm³/mol. The summed E-state index contributed by atoms with van der Waals surface area (Å²) in [4.78, 5) is 5.86. The smallest absolute Gasteiger partial charge is 0.124 e. The number of benzene rings is 1. The van der Waals surface area contributed by atoms with Gasteiger partial charge in [0.05, 0.1) is 16.2 Å². The molecule has 0 atom stereocenters. The Hall–Kier alpha value is -1.19. The molecular formula is C16H19NOS. The fraction of sp³-hybridized carbons (Fsp3) is 0.438. The summed E-state index contributed by atoms with van der Waals surface area (Å²) in [6.07, 6.45) is 2.42. The van der Waals surface area contributed by atoms with Gasteiger partial charge in [0.1, 0.15) is 5.01 Å². The van der Waals surface area contributed by atoms with E-state index in [0.717, 1.165) is 15.6 Å². The van der Waals surface area contributed by atoms with E-state index >= 15 is 0 Å². The molecule has 2 aromatic rings. The van der Waals surface area contributed by atoms with Crippen molar-refractivity contribution in [2.45, 2.75) is 45.1 Å². The van der Waals surface area contributed by atoms with E-state index in [0.29, 0.717) is 5.92 Å². The maximum atomic E-state index is 10.3. The number of aryl methyl sites for hydroxylation is 1. The van der Waals surface area contributed by atoms with Crippen molar-refractivity contribution in [1.82, 2.24) is 4.98 Å². The molecule has 0 spiro atoms. The number of hydrogen-bond acceptors (Lipinski definition) is 3. The van der Waals surface area contributed by atoms with Crippen LogP contribution in [0.3, 0.4) is 0 Å². The lowest BCUT2D eigenvalue weighted by molar-refractivity contribution is 0.0813. The molecule has 1 aliphatic rings. The molecule has 19 heavy (non-hydrogen) atoms. The van der Waals surface area contributed by atoms with Crippen molar-refractivity contribution in [3.63, 3.8) is 0 Å². The van der Waals surface area contributed by atoms with Crippen LogP contribution < -0.4 is 0 Å². The Labute approximate surface area is 118 Å². The molecule has 0 unspecified atom stereocenters. The van der Waals surface area contributed by atoms with Gasteiger partial charge in [-0.3, -0.25) is 0 Å². The van der Waals surface area contributed by atoms with Gasteiger partial charge >= 0.3 is 0 Å². The fourth-order valence-corrected chi connectivity index (χ4v) is 3.57. The average Bonchev–Trinajstić information content (AvgIpc) is 3.08. The van der Waals surface area contributed by atoms with E-state index in [2.05, 4.69) is 19.1 Å². The van der Waals surface area contributed by atoms with Crippen molar-refractivity contribution in [2.24, 2.45) is 0 Å². The minimum Gasteiger partial charge on any atom is -0.385 e. The van der Waals surface area contributed by atoms with E-state index in [4.69, 9.17) is 4.98 Å². The molecule has 3 rings (SSSR count). The Morgan fingerprint density at radius 3 is 2.53 bits per heavy atom. The summed E-state index contributed by atoms with van der Waals surface area (Å²) in [5.41, 5.74) is 2.75. The first kappa shape index (κ1) is 12.8. The molecule has 1 aliphatic carbocycles. The summed E-state index contributed by atoms with van der Waals surface area (Å²) in [7, 11) is 0. The topological polar surface area (TPSA) is 33.1 Å². The second kappa shape index (κ2) is 4.43. The second-order valence-corrected chi connectivity index (χ2v) is 6.88. The third kappa shape index (κ3) is 2.45. The fourth-order valence-electron chi connectivity index (χ4n) is 2.33. The lowest BCUT2D eigenvalue weighted by Crippen LogP contribution is -2.15. The Balaban J connectivity index is 2.11. The number of hydrogen-bond donors (Lipinski definition) is 1. The van der Waals surface area contributed by atoms with Crippen molar-refractivity contribution in [3.05, 3.63) is 40.4 Å². The van der Waals surface area contributed by atoms with Crippen molar-refractivity contribution in [3.8, 4) is 10.6 Å². The average molecular weight is 273 g/mol. The Kier molecular flexibility index (Phi) is 2.99. The number of thiazole rings is 1. The molecule has 1 fully saturated rings. The van der Waals surface area contributed by atoms with Crippen molar-refractivity contribution < 1.29 is 5.11 Å². The molecular weight excluding hydrogens is 254 g/mol. The molecule has 0 bridgehead atoms. The van der Waals surface area contributed by atoms with Gasteiger partial charge < -0.3 is 5.11 Å². The monoisotopic (exact) mass is 273 g/mol. The van der Waals surface area contributed by atoms with Crippen LogP contribution in [0.5, 0.6) is 0 Å². The van der Waals surface area contributed by atoms with Crippen LogP contribution >= 0.6 is 11.3 Å². The lowest BCUT2D eigenvalue weighted by Gasteiger charge is -2.16. The van der Waals surface area contributed by atoms with E-state index in [1.54, 1.807) is 11.3 Å². The quantitative estimate of drug-likeness (QED) is 0.908. The van der Waals surface area contributed by atoms with E-state index in [9.17, 15) is 5.11 Å². The third-order valence-corrected chi connectivity index (χ3v) is 4.97. The van der Waals surface area contributed by atoms with Crippen LogP contribution in [0.25, 0.3) is 10.6 Å². The molecule has 1 heterocycles. The largest absolute Gasteiger partial charge is 0.385 e. The summed E-state index contributed by atoms with van der Waals surface area (Å²) in [6, 6.07) is 8.31. The molecule has 2 nitrogen and oxygen atoms in total.